The molecule has 0 saturated carbocycles. The quantitative estimate of drug-likeness (QED) is 0.753. The second-order valence-electron chi connectivity index (χ2n) is 5.33. The largest absolute Gasteiger partial charge is 0.491 e. The maximum absolute atomic E-state index is 5.93. The van der Waals surface area contributed by atoms with Crippen molar-refractivity contribution in [3.8, 4) is 5.75 Å². The predicted octanol–water partition coefficient (Wildman–Crippen LogP) is 3.06. The van der Waals surface area contributed by atoms with Gasteiger partial charge in [-0.1, -0.05) is 36.4 Å². The normalized spacial score (nSPS) is 12.0. The lowest BCUT2D eigenvalue weighted by atomic mass is 10.1. The van der Waals surface area contributed by atoms with Crippen LogP contribution in [0.3, 0.4) is 0 Å². The van der Waals surface area contributed by atoms with Gasteiger partial charge in [-0.25, -0.2) is 0 Å². The number of anilines is 2. The van der Waals surface area contributed by atoms with Crippen LogP contribution in [0.4, 0.5) is 11.9 Å². The Morgan fingerprint density at radius 1 is 1.26 bits per heavy atom. The van der Waals surface area contributed by atoms with Crippen LogP contribution < -0.4 is 15.8 Å². The number of aromatic nitrogens is 3. The number of rotatable bonds is 7. The highest BCUT2D eigenvalue weighted by molar-refractivity contribution is 7.98. The summed E-state index contributed by atoms with van der Waals surface area (Å²) in [6.07, 6.45) is 2.78. The lowest BCUT2D eigenvalue weighted by Gasteiger charge is -2.19. The number of thioether (sulfide) groups is 1. The number of nitrogens with one attached hydrogen (secondary N) is 1. The molecule has 0 fully saturated rings. The summed E-state index contributed by atoms with van der Waals surface area (Å²) in [5.74, 6) is 1.60. The molecule has 1 atom stereocenters. The third kappa shape index (κ3) is 4.99. The fourth-order valence-electron chi connectivity index (χ4n) is 2.12. The van der Waals surface area contributed by atoms with Crippen molar-refractivity contribution < 1.29 is 4.74 Å². The van der Waals surface area contributed by atoms with Crippen LogP contribution in [0.2, 0.25) is 0 Å². The highest BCUT2D eigenvalue weighted by atomic mass is 32.2. The number of aryl methyl sites for hydroxylation is 2. The molecule has 6 nitrogen and oxygen atoms in total. The van der Waals surface area contributed by atoms with E-state index in [4.69, 9.17) is 10.5 Å². The fraction of sp³-hybridized carbons (Fsp3) is 0.438. The number of ether oxygens (including phenoxy) is 1. The van der Waals surface area contributed by atoms with Crippen molar-refractivity contribution >= 4 is 23.7 Å². The molecule has 0 amide bonds. The molecule has 2 aromatic rings. The predicted molar refractivity (Wildman–Crippen MR) is 95.1 cm³/mol. The molecule has 7 heteroatoms. The maximum atomic E-state index is 5.93. The van der Waals surface area contributed by atoms with Gasteiger partial charge in [-0.15, -0.1) is 0 Å². The van der Waals surface area contributed by atoms with Gasteiger partial charge in [0.05, 0.1) is 6.04 Å². The van der Waals surface area contributed by atoms with Crippen LogP contribution in [0.25, 0.3) is 0 Å². The molecule has 0 spiro atoms. The first kappa shape index (κ1) is 17.3. The van der Waals surface area contributed by atoms with E-state index in [2.05, 4.69) is 40.2 Å². The second-order valence-corrected chi connectivity index (χ2v) is 6.11. The molecule has 1 aromatic heterocycles. The number of hydrogen-bond donors (Lipinski definition) is 2. The van der Waals surface area contributed by atoms with Crippen molar-refractivity contribution in [2.45, 2.75) is 38.4 Å². The van der Waals surface area contributed by atoms with E-state index in [9.17, 15) is 0 Å². The van der Waals surface area contributed by atoms with Gasteiger partial charge in [-0.3, -0.25) is 0 Å². The van der Waals surface area contributed by atoms with Crippen LogP contribution >= 0.6 is 11.8 Å². The summed E-state index contributed by atoms with van der Waals surface area (Å²) in [5, 5.41) is 3.87. The first-order valence-corrected chi connectivity index (χ1v) is 8.76. The van der Waals surface area contributed by atoms with E-state index in [0.29, 0.717) is 17.7 Å². The van der Waals surface area contributed by atoms with Gasteiger partial charge in [0.2, 0.25) is 11.9 Å². The molecule has 3 N–H and O–H groups in total. The molecule has 0 radical (unpaired) electrons. The van der Waals surface area contributed by atoms with Gasteiger partial charge in [0.25, 0.3) is 0 Å². The summed E-state index contributed by atoms with van der Waals surface area (Å²) in [5.41, 5.74) is 8.06. The van der Waals surface area contributed by atoms with Crippen LogP contribution in [-0.4, -0.2) is 33.9 Å². The zero-order valence-electron chi connectivity index (χ0n) is 14.0. The number of nitrogens with two attached hydrogens (primary N) is 1. The minimum Gasteiger partial charge on any atom is -0.491 e. The Morgan fingerprint density at radius 3 is 2.70 bits per heavy atom. The Kier molecular flexibility index (Phi) is 6.04. The topological polar surface area (TPSA) is 86.0 Å². The Morgan fingerprint density at radius 2 is 2.04 bits per heavy atom. The summed E-state index contributed by atoms with van der Waals surface area (Å²) in [4.78, 5) is 12.5. The molecular formula is C16H23N5OS. The molecular weight excluding hydrogens is 310 g/mol. The molecule has 0 aliphatic rings. The van der Waals surface area contributed by atoms with E-state index in [-0.39, 0.29) is 12.0 Å². The van der Waals surface area contributed by atoms with Crippen LogP contribution in [0.5, 0.6) is 5.75 Å². The standard InChI is InChI=1S/C16H23N5OS/c1-5-12(9-22-13-7-6-10(2)8-11(13)3)18-15-19-14(17)20-16(21-15)23-4/h6-8,12H,5,9H2,1-4H3,(H3,17,18,19,20,21). The molecule has 2 rings (SSSR count). The van der Waals surface area contributed by atoms with E-state index in [1.54, 1.807) is 0 Å². The third-order valence-corrected chi connectivity index (χ3v) is 3.96. The summed E-state index contributed by atoms with van der Waals surface area (Å²) in [7, 11) is 0. The summed E-state index contributed by atoms with van der Waals surface area (Å²) in [6, 6.07) is 6.26. The van der Waals surface area contributed by atoms with E-state index in [1.165, 1.54) is 17.3 Å². The smallest absolute Gasteiger partial charge is 0.228 e. The Bertz CT molecular complexity index is 665. The molecule has 1 unspecified atom stereocenters. The van der Waals surface area contributed by atoms with Crippen molar-refractivity contribution in [3.63, 3.8) is 0 Å². The maximum Gasteiger partial charge on any atom is 0.228 e. The zero-order chi connectivity index (χ0) is 16.8. The first-order valence-electron chi connectivity index (χ1n) is 7.54. The lowest BCUT2D eigenvalue weighted by molar-refractivity contribution is 0.291. The lowest BCUT2D eigenvalue weighted by Crippen LogP contribution is -2.27. The number of hydrogen-bond acceptors (Lipinski definition) is 7. The molecule has 124 valence electrons. The third-order valence-electron chi connectivity index (χ3n) is 3.41. The van der Waals surface area contributed by atoms with Gasteiger partial charge in [0.1, 0.15) is 12.4 Å². The highest BCUT2D eigenvalue weighted by Gasteiger charge is 2.12. The molecule has 1 aromatic carbocycles. The molecule has 0 aliphatic heterocycles. The van der Waals surface area contributed by atoms with Crippen LogP contribution in [0.15, 0.2) is 23.4 Å². The van der Waals surface area contributed by atoms with Crippen molar-refractivity contribution in [3.05, 3.63) is 29.3 Å². The van der Waals surface area contributed by atoms with Gasteiger partial charge in [0, 0.05) is 0 Å². The number of nitrogen functional groups attached to an aromatic ring is 1. The van der Waals surface area contributed by atoms with E-state index in [1.807, 2.05) is 25.3 Å². The van der Waals surface area contributed by atoms with Gasteiger partial charge < -0.3 is 15.8 Å². The highest BCUT2D eigenvalue weighted by Crippen LogP contribution is 2.19. The summed E-state index contributed by atoms with van der Waals surface area (Å²) >= 11 is 1.43. The van der Waals surface area contributed by atoms with Crippen LogP contribution in [-0.2, 0) is 0 Å². The SMILES string of the molecule is CCC(COc1ccc(C)cc1C)Nc1nc(N)nc(SC)n1. The molecule has 0 bridgehead atoms. The van der Waals surface area contributed by atoms with Crippen molar-refractivity contribution in [1.29, 1.82) is 0 Å². The molecule has 0 aliphatic carbocycles. The fourth-order valence-corrected chi connectivity index (χ4v) is 2.49. The van der Waals surface area contributed by atoms with E-state index < -0.39 is 0 Å². The molecule has 23 heavy (non-hydrogen) atoms. The van der Waals surface area contributed by atoms with Gasteiger partial charge >= 0.3 is 0 Å². The monoisotopic (exact) mass is 333 g/mol. The Labute approximate surface area is 141 Å². The number of nitrogens with zero attached hydrogens (tertiary/aromatic N) is 3. The van der Waals surface area contributed by atoms with Gasteiger partial charge in [0.15, 0.2) is 5.16 Å². The average Bonchev–Trinajstić information content (AvgIpc) is 2.52. The van der Waals surface area contributed by atoms with Gasteiger partial charge in [-0.2, -0.15) is 15.0 Å². The minimum absolute atomic E-state index is 0.0900. The Balaban J connectivity index is 2.01. The summed E-state index contributed by atoms with van der Waals surface area (Å²) < 4.78 is 5.93. The van der Waals surface area contributed by atoms with Gasteiger partial charge in [-0.05, 0) is 38.2 Å². The van der Waals surface area contributed by atoms with Crippen molar-refractivity contribution in [2.24, 2.45) is 0 Å². The van der Waals surface area contributed by atoms with Crippen molar-refractivity contribution in [2.75, 3.05) is 23.9 Å². The molecule has 0 saturated heterocycles. The zero-order valence-corrected chi connectivity index (χ0v) is 14.8. The van der Waals surface area contributed by atoms with E-state index >= 15 is 0 Å². The number of benzene rings is 1. The minimum atomic E-state index is 0.0900. The first-order chi connectivity index (χ1) is 11.0. The average molecular weight is 333 g/mol. The van der Waals surface area contributed by atoms with Crippen LogP contribution in [0.1, 0.15) is 24.5 Å². The second kappa shape index (κ2) is 8.01. The van der Waals surface area contributed by atoms with Crippen LogP contribution in [0, 0.1) is 13.8 Å². The van der Waals surface area contributed by atoms with Crippen molar-refractivity contribution in [1.82, 2.24) is 15.0 Å². The Hall–Kier alpha value is -2.02. The summed E-state index contributed by atoms with van der Waals surface area (Å²) in [6.45, 7) is 6.74. The van der Waals surface area contributed by atoms with E-state index in [0.717, 1.165) is 17.7 Å². The molecule has 1 heterocycles.